The second-order valence-electron chi connectivity index (χ2n) is 5.23. The predicted molar refractivity (Wildman–Crippen MR) is 93.7 cm³/mol. The number of ether oxygens (including phenoxy) is 3. The molecule has 0 radical (unpaired) electrons. The number of rotatable bonds is 8. The van der Waals surface area contributed by atoms with Gasteiger partial charge in [0.2, 0.25) is 0 Å². The number of esters is 1. The topological polar surface area (TPSA) is 73.9 Å². The Bertz CT molecular complexity index is 702. The summed E-state index contributed by atoms with van der Waals surface area (Å²) in [6.07, 6.45) is -0.865. The lowest BCUT2D eigenvalue weighted by molar-refractivity contribution is -0.153. The van der Waals surface area contributed by atoms with Crippen molar-refractivity contribution in [2.45, 2.75) is 19.4 Å². The summed E-state index contributed by atoms with van der Waals surface area (Å²) in [7, 11) is 1.52. The van der Waals surface area contributed by atoms with Crippen LogP contribution in [0.15, 0.2) is 54.6 Å². The quantitative estimate of drug-likeness (QED) is 0.746. The molecule has 0 heterocycles. The van der Waals surface area contributed by atoms with Crippen molar-refractivity contribution in [1.29, 1.82) is 0 Å². The predicted octanol–water partition coefficient (Wildman–Crippen LogP) is 3.03. The van der Waals surface area contributed by atoms with E-state index >= 15 is 0 Å². The summed E-state index contributed by atoms with van der Waals surface area (Å²) in [6, 6.07) is 16.2. The van der Waals surface area contributed by atoms with Crippen molar-refractivity contribution in [3.8, 4) is 11.5 Å². The molecule has 0 aliphatic rings. The van der Waals surface area contributed by atoms with Gasteiger partial charge >= 0.3 is 5.97 Å². The smallest absolute Gasteiger partial charge is 0.310 e. The number of carbonyl (C=O) groups is 2. The Kier molecular flexibility index (Phi) is 6.83. The number of hydrogen-bond acceptors (Lipinski definition) is 5. The third kappa shape index (κ3) is 5.84. The number of methoxy groups -OCH3 is 1. The number of carbonyl (C=O) groups excluding carboxylic acids is 2. The molecule has 6 nitrogen and oxygen atoms in total. The van der Waals surface area contributed by atoms with Crippen molar-refractivity contribution in [3.63, 3.8) is 0 Å². The molecule has 0 bridgehead atoms. The average Bonchev–Trinajstić information content (AvgIpc) is 2.63. The van der Waals surface area contributed by atoms with Crippen LogP contribution in [0.4, 0.5) is 5.69 Å². The highest BCUT2D eigenvalue weighted by molar-refractivity contribution is 5.96. The van der Waals surface area contributed by atoms with Gasteiger partial charge in [0.25, 0.3) is 5.91 Å². The van der Waals surface area contributed by atoms with Crippen LogP contribution in [-0.4, -0.2) is 31.7 Å². The second-order valence-corrected chi connectivity index (χ2v) is 5.23. The summed E-state index contributed by atoms with van der Waals surface area (Å²) in [5, 5.41) is 2.68. The molecule has 0 saturated carbocycles. The number of amides is 1. The van der Waals surface area contributed by atoms with Crippen LogP contribution in [0.25, 0.3) is 0 Å². The molecular formula is C19H21NO5. The van der Waals surface area contributed by atoms with Gasteiger partial charge in [-0.3, -0.25) is 9.59 Å². The third-order valence-electron chi connectivity index (χ3n) is 3.36. The molecule has 0 fully saturated rings. The van der Waals surface area contributed by atoms with Crippen molar-refractivity contribution in [2.24, 2.45) is 0 Å². The van der Waals surface area contributed by atoms with Gasteiger partial charge in [-0.05, 0) is 31.2 Å². The molecule has 1 unspecified atom stereocenters. The number of hydrogen-bond donors (Lipinski definition) is 1. The van der Waals surface area contributed by atoms with E-state index in [0.717, 1.165) is 0 Å². The van der Waals surface area contributed by atoms with Crippen LogP contribution in [0, 0.1) is 0 Å². The van der Waals surface area contributed by atoms with E-state index < -0.39 is 18.0 Å². The maximum absolute atomic E-state index is 12.1. The molecule has 0 saturated heterocycles. The number of nitrogens with one attached hydrogen (secondary N) is 1. The maximum atomic E-state index is 12.1. The molecule has 2 rings (SSSR count). The Balaban J connectivity index is 1.77. The van der Waals surface area contributed by atoms with Gasteiger partial charge < -0.3 is 19.5 Å². The molecule has 6 heteroatoms. The zero-order valence-electron chi connectivity index (χ0n) is 14.2. The van der Waals surface area contributed by atoms with Crippen LogP contribution in [0.1, 0.15) is 13.3 Å². The fourth-order valence-electron chi connectivity index (χ4n) is 2.06. The van der Waals surface area contributed by atoms with Crippen LogP contribution >= 0.6 is 0 Å². The van der Waals surface area contributed by atoms with Crippen LogP contribution in [0.2, 0.25) is 0 Å². The minimum Gasteiger partial charge on any atom is -0.495 e. The lowest BCUT2D eigenvalue weighted by Gasteiger charge is -2.15. The molecule has 2 aromatic carbocycles. The SMILES string of the molecule is COc1ccccc1NC(=O)C(C)OC(=O)CCOc1ccccc1. The van der Waals surface area contributed by atoms with Gasteiger partial charge in [0.05, 0.1) is 25.8 Å². The van der Waals surface area contributed by atoms with Crippen molar-refractivity contribution < 1.29 is 23.8 Å². The van der Waals surface area contributed by atoms with Crippen LogP contribution in [0.5, 0.6) is 11.5 Å². The van der Waals surface area contributed by atoms with Crippen molar-refractivity contribution in [3.05, 3.63) is 54.6 Å². The monoisotopic (exact) mass is 343 g/mol. The van der Waals surface area contributed by atoms with E-state index in [1.165, 1.54) is 14.0 Å². The second kappa shape index (κ2) is 9.32. The Labute approximate surface area is 146 Å². The standard InChI is InChI=1S/C19H21NO5/c1-14(19(22)20-16-10-6-7-11-17(16)23-2)25-18(21)12-13-24-15-8-4-3-5-9-15/h3-11,14H,12-13H2,1-2H3,(H,20,22). The zero-order valence-corrected chi connectivity index (χ0v) is 14.2. The van der Waals surface area contributed by atoms with E-state index in [9.17, 15) is 9.59 Å². The molecule has 0 spiro atoms. The van der Waals surface area contributed by atoms with Crippen LogP contribution in [0.3, 0.4) is 0 Å². The van der Waals surface area contributed by atoms with Gasteiger partial charge in [-0.2, -0.15) is 0 Å². The average molecular weight is 343 g/mol. The molecule has 0 aliphatic carbocycles. The Morgan fingerprint density at radius 1 is 1.04 bits per heavy atom. The Morgan fingerprint density at radius 2 is 1.72 bits per heavy atom. The summed E-state index contributed by atoms with van der Waals surface area (Å²) in [4.78, 5) is 24.0. The van der Waals surface area contributed by atoms with Crippen molar-refractivity contribution >= 4 is 17.6 Å². The fourth-order valence-corrected chi connectivity index (χ4v) is 2.06. The number of para-hydroxylation sites is 3. The van der Waals surface area contributed by atoms with Crippen LogP contribution < -0.4 is 14.8 Å². The first-order chi connectivity index (χ1) is 12.1. The van der Waals surface area contributed by atoms with Crippen molar-refractivity contribution in [1.82, 2.24) is 0 Å². The van der Waals surface area contributed by atoms with Crippen LogP contribution in [-0.2, 0) is 14.3 Å². The lowest BCUT2D eigenvalue weighted by atomic mass is 10.2. The van der Waals surface area contributed by atoms with Gasteiger partial charge in [0.1, 0.15) is 11.5 Å². The normalized spacial score (nSPS) is 11.3. The first-order valence-electron chi connectivity index (χ1n) is 7.91. The minimum atomic E-state index is -0.922. The van der Waals surface area contributed by atoms with E-state index in [4.69, 9.17) is 14.2 Å². The van der Waals surface area contributed by atoms with E-state index in [1.54, 1.807) is 36.4 Å². The van der Waals surface area contributed by atoms with E-state index in [0.29, 0.717) is 17.2 Å². The summed E-state index contributed by atoms with van der Waals surface area (Å²) < 4.78 is 15.7. The van der Waals surface area contributed by atoms with Gasteiger partial charge in [-0.25, -0.2) is 0 Å². The first-order valence-corrected chi connectivity index (χ1v) is 7.91. The maximum Gasteiger partial charge on any atom is 0.310 e. The van der Waals surface area contributed by atoms with Gasteiger partial charge in [-0.1, -0.05) is 30.3 Å². The van der Waals surface area contributed by atoms with Crippen molar-refractivity contribution in [2.75, 3.05) is 19.0 Å². The lowest BCUT2D eigenvalue weighted by Crippen LogP contribution is -2.30. The first kappa shape index (κ1) is 18.3. The van der Waals surface area contributed by atoms with Gasteiger partial charge in [-0.15, -0.1) is 0 Å². The Hall–Kier alpha value is -3.02. The molecule has 0 aromatic heterocycles. The highest BCUT2D eigenvalue weighted by Crippen LogP contribution is 2.23. The van der Waals surface area contributed by atoms with E-state index in [-0.39, 0.29) is 13.0 Å². The van der Waals surface area contributed by atoms with Gasteiger partial charge in [0.15, 0.2) is 6.10 Å². The summed E-state index contributed by atoms with van der Waals surface area (Å²) in [6.45, 7) is 1.70. The van der Waals surface area contributed by atoms with Gasteiger partial charge in [0, 0.05) is 0 Å². The highest BCUT2D eigenvalue weighted by Gasteiger charge is 2.19. The largest absolute Gasteiger partial charge is 0.495 e. The summed E-state index contributed by atoms with van der Waals surface area (Å²) in [5.74, 6) is 0.281. The molecular weight excluding hydrogens is 322 g/mol. The molecule has 1 atom stereocenters. The molecule has 132 valence electrons. The third-order valence-corrected chi connectivity index (χ3v) is 3.36. The fraction of sp³-hybridized carbons (Fsp3) is 0.263. The number of benzene rings is 2. The number of anilines is 1. The summed E-state index contributed by atoms with van der Waals surface area (Å²) in [5.41, 5.74) is 0.519. The highest BCUT2D eigenvalue weighted by atomic mass is 16.5. The van der Waals surface area contributed by atoms with E-state index in [1.807, 2.05) is 18.2 Å². The molecule has 2 aromatic rings. The molecule has 25 heavy (non-hydrogen) atoms. The summed E-state index contributed by atoms with van der Waals surface area (Å²) >= 11 is 0. The van der Waals surface area contributed by atoms with E-state index in [2.05, 4.69) is 5.32 Å². The molecule has 1 amide bonds. The molecule has 0 aliphatic heterocycles. The Morgan fingerprint density at radius 3 is 2.44 bits per heavy atom. The zero-order chi connectivity index (χ0) is 18.1. The minimum absolute atomic E-state index is 0.0567. The molecule has 1 N–H and O–H groups in total.